The number of hydrogen-bond donors (Lipinski definition) is 1. The predicted octanol–water partition coefficient (Wildman–Crippen LogP) is 5.41. The number of halogens is 2. The Morgan fingerprint density at radius 3 is 2.55 bits per heavy atom. The molecule has 1 saturated heterocycles. The minimum Gasteiger partial charge on any atom is -0.381 e. The molecule has 9 heteroatoms. The molecule has 0 spiro atoms. The molecule has 0 bridgehead atoms. The van der Waals surface area contributed by atoms with E-state index < -0.39 is 11.6 Å². The third kappa shape index (κ3) is 5.13. The molecular formula is C31H35F2N5O2. The minimum absolute atomic E-state index is 0.0427. The Labute approximate surface area is 232 Å². The van der Waals surface area contributed by atoms with Crippen LogP contribution in [0.4, 0.5) is 8.78 Å². The number of nitrogens with zero attached hydrogens (tertiary/aromatic N) is 4. The van der Waals surface area contributed by atoms with Crippen molar-refractivity contribution in [3.05, 3.63) is 83.1 Å². The molecule has 6 rings (SSSR count). The SMILES string of the molecule is CO[C@@H]1[C@H](N)C[C@H](c2ccncc2Cc2ncc3ccc(-c4c(F)cc(C5CCOCC5)cc4F)nn23)C[C@@H]1C. The fraction of sp³-hybridized carbons (Fsp3) is 0.452. The number of ether oxygens (including phenoxy) is 2. The smallest absolute Gasteiger partial charge is 0.135 e. The van der Waals surface area contributed by atoms with Crippen molar-refractivity contribution in [2.45, 2.75) is 63.0 Å². The molecular weight excluding hydrogens is 512 g/mol. The molecule has 0 amide bonds. The van der Waals surface area contributed by atoms with Crippen LogP contribution in [0.15, 0.2) is 48.9 Å². The Morgan fingerprint density at radius 1 is 1.05 bits per heavy atom. The number of benzene rings is 1. The second kappa shape index (κ2) is 11.3. The first-order chi connectivity index (χ1) is 19.4. The van der Waals surface area contributed by atoms with Gasteiger partial charge in [0.15, 0.2) is 0 Å². The van der Waals surface area contributed by atoms with Gasteiger partial charge in [-0.3, -0.25) is 4.98 Å². The summed E-state index contributed by atoms with van der Waals surface area (Å²) in [6.45, 7) is 3.40. The molecule has 4 atom stereocenters. The van der Waals surface area contributed by atoms with E-state index in [2.05, 4.69) is 28.1 Å². The molecule has 4 aromatic rings. The lowest BCUT2D eigenvalue weighted by atomic mass is 9.74. The van der Waals surface area contributed by atoms with Gasteiger partial charge >= 0.3 is 0 Å². The maximum Gasteiger partial charge on any atom is 0.135 e. The van der Waals surface area contributed by atoms with Gasteiger partial charge in [0, 0.05) is 45.2 Å². The summed E-state index contributed by atoms with van der Waals surface area (Å²) in [5, 5.41) is 4.65. The summed E-state index contributed by atoms with van der Waals surface area (Å²) < 4.78 is 43.4. The van der Waals surface area contributed by atoms with Crippen molar-refractivity contribution in [3.63, 3.8) is 0 Å². The van der Waals surface area contributed by atoms with Gasteiger partial charge in [0.2, 0.25) is 0 Å². The van der Waals surface area contributed by atoms with Gasteiger partial charge < -0.3 is 15.2 Å². The molecule has 40 heavy (non-hydrogen) atoms. The molecule has 2 N–H and O–H groups in total. The molecule has 1 saturated carbocycles. The fourth-order valence-electron chi connectivity index (χ4n) is 6.67. The van der Waals surface area contributed by atoms with Crippen LogP contribution in [0.3, 0.4) is 0 Å². The largest absolute Gasteiger partial charge is 0.381 e. The Morgan fingerprint density at radius 2 is 1.82 bits per heavy atom. The fourth-order valence-corrected chi connectivity index (χ4v) is 6.67. The third-order valence-electron chi connectivity index (χ3n) is 8.67. The number of aromatic nitrogens is 4. The van der Waals surface area contributed by atoms with Gasteiger partial charge in [-0.1, -0.05) is 6.92 Å². The number of rotatable bonds is 6. The highest BCUT2D eigenvalue weighted by atomic mass is 19.1. The van der Waals surface area contributed by atoms with Crippen LogP contribution in [0, 0.1) is 17.6 Å². The Hall–Kier alpha value is -3.27. The monoisotopic (exact) mass is 547 g/mol. The van der Waals surface area contributed by atoms with Crippen LogP contribution >= 0.6 is 0 Å². The quantitative estimate of drug-likeness (QED) is 0.347. The van der Waals surface area contributed by atoms with Crippen molar-refractivity contribution in [1.29, 1.82) is 0 Å². The summed E-state index contributed by atoms with van der Waals surface area (Å²) in [6.07, 6.45) is 9.25. The molecule has 0 radical (unpaired) electrons. The van der Waals surface area contributed by atoms with E-state index in [9.17, 15) is 0 Å². The van der Waals surface area contributed by atoms with E-state index in [1.54, 1.807) is 30.0 Å². The van der Waals surface area contributed by atoms with E-state index >= 15 is 8.78 Å². The Balaban J connectivity index is 1.30. The van der Waals surface area contributed by atoms with Gasteiger partial charge in [0.1, 0.15) is 17.5 Å². The molecule has 4 heterocycles. The van der Waals surface area contributed by atoms with Crippen LogP contribution < -0.4 is 5.73 Å². The van der Waals surface area contributed by atoms with Gasteiger partial charge in [0.25, 0.3) is 0 Å². The lowest BCUT2D eigenvalue weighted by Crippen LogP contribution is -2.45. The zero-order valence-electron chi connectivity index (χ0n) is 22.9. The first-order valence-corrected chi connectivity index (χ1v) is 14.0. The second-order valence-corrected chi connectivity index (χ2v) is 11.2. The van der Waals surface area contributed by atoms with E-state index in [1.165, 1.54) is 17.7 Å². The summed E-state index contributed by atoms with van der Waals surface area (Å²) in [7, 11) is 1.72. The predicted molar refractivity (Wildman–Crippen MR) is 148 cm³/mol. The first-order valence-electron chi connectivity index (χ1n) is 14.0. The highest BCUT2D eigenvalue weighted by Crippen LogP contribution is 2.38. The van der Waals surface area contributed by atoms with Gasteiger partial charge in [-0.25, -0.2) is 18.3 Å². The minimum atomic E-state index is -0.610. The number of nitrogens with two attached hydrogens (primary N) is 1. The van der Waals surface area contributed by atoms with Crippen LogP contribution in [-0.2, 0) is 15.9 Å². The van der Waals surface area contributed by atoms with Crippen molar-refractivity contribution >= 4 is 5.52 Å². The summed E-state index contributed by atoms with van der Waals surface area (Å²) in [5.41, 5.74) is 10.2. The van der Waals surface area contributed by atoms with Crippen molar-refractivity contribution in [2.75, 3.05) is 20.3 Å². The van der Waals surface area contributed by atoms with Gasteiger partial charge in [0.05, 0.1) is 29.1 Å². The molecule has 0 unspecified atom stereocenters. The number of methoxy groups -OCH3 is 1. The molecule has 7 nitrogen and oxygen atoms in total. The summed E-state index contributed by atoms with van der Waals surface area (Å²) in [6, 6.07) is 8.34. The first kappa shape index (κ1) is 26.9. The van der Waals surface area contributed by atoms with Crippen LogP contribution in [0.25, 0.3) is 16.8 Å². The normalized spacial score (nSPS) is 24.0. The molecule has 1 aliphatic carbocycles. The topological polar surface area (TPSA) is 87.6 Å². The van der Waals surface area contributed by atoms with Crippen molar-refractivity contribution in [1.82, 2.24) is 19.6 Å². The molecule has 1 aliphatic heterocycles. The van der Waals surface area contributed by atoms with Crippen molar-refractivity contribution < 1.29 is 18.3 Å². The van der Waals surface area contributed by atoms with Crippen LogP contribution in [-0.4, -0.2) is 52.1 Å². The molecule has 2 aliphatic rings. The number of pyridine rings is 1. The molecule has 1 aromatic carbocycles. The van der Waals surface area contributed by atoms with E-state index in [0.29, 0.717) is 36.9 Å². The second-order valence-electron chi connectivity index (χ2n) is 11.2. The van der Waals surface area contributed by atoms with Crippen LogP contribution in [0.5, 0.6) is 0 Å². The van der Waals surface area contributed by atoms with Gasteiger partial charge in [-0.15, -0.1) is 0 Å². The lowest BCUT2D eigenvalue weighted by Gasteiger charge is -2.38. The van der Waals surface area contributed by atoms with Crippen molar-refractivity contribution in [3.8, 4) is 11.3 Å². The average molecular weight is 548 g/mol. The highest BCUT2D eigenvalue weighted by molar-refractivity contribution is 5.63. The summed E-state index contributed by atoms with van der Waals surface area (Å²) >= 11 is 0. The van der Waals surface area contributed by atoms with Crippen LogP contribution in [0.2, 0.25) is 0 Å². The zero-order valence-corrected chi connectivity index (χ0v) is 22.9. The Kier molecular flexibility index (Phi) is 7.61. The van der Waals surface area contributed by atoms with E-state index in [1.807, 2.05) is 12.4 Å². The summed E-state index contributed by atoms with van der Waals surface area (Å²) in [5.74, 6) is 0.163. The van der Waals surface area contributed by atoms with E-state index in [-0.39, 0.29) is 35.2 Å². The van der Waals surface area contributed by atoms with Gasteiger partial charge in [-0.05, 0) is 90.5 Å². The van der Waals surface area contributed by atoms with E-state index in [0.717, 1.165) is 36.8 Å². The number of imidazole rings is 1. The lowest BCUT2D eigenvalue weighted by molar-refractivity contribution is 0.00970. The summed E-state index contributed by atoms with van der Waals surface area (Å²) in [4.78, 5) is 9.00. The maximum atomic E-state index is 15.3. The molecule has 2 fully saturated rings. The van der Waals surface area contributed by atoms with E-state index in [4.69, 9.17) is 15.2 Å². The average Bonchev–Trinajstić information content (AvgIpc) is 3.35. The molecule has 210 valence electrons. The maximum absolute atomic E-state index is 15.3. The standard InChI is InChI=1S/C31H35F2N5O2/c1-18-11-21(14-27(34)31(18)39-2)24-5-8-35-16-22(24)15-29-36-17-23-3-4-28(37-38(23)29)30-25(32)12-20(13-26(30)33)19-6-9-40-10-7-19/h3-5,8,12-13,16-19,21,27,31H,6-7,9-11,14-15,34H2,1-2H3/t18-,21+,27+,31-/m0/s1. The molecule has 3 aromatic heterocycles. The van der Waals surface area contributed by atoms with Crippen molar-refractivity contribution in [2.24, 2.45) is 11.7 Å². The number of hydrogen-bond acceptors (Lipinski definition) is 6. The highest BCUT2D eigenvalue weighted by Gasteiger charge is 2.35. The van der Waals surface area contributed by atoms with Crippen LogP contribution in [0.1, 0.15) is 67.0 Å². The Bertz CT molecular complexity index is 1470. The van der Waals surface area contributed by atoms with Gasteiger partial charge in [-0.2, -0.15) is 5.10 Å². The third-order valence-corrected chi connectivity index (χ3v) is 8.67. The number of fused-ring (bicyclic) bond motifs is 1. The zero-order chi connectivity index (χ0) is 27.8.